The Morgan fingerprint density at radius 3 is 2.65 bits per heavy atom. The van der Waals surface area contributed by atoms with Gasteiger partial charge in [-0.25, -0.2) is 4.79 Å². The highest BCUT2D eigenvalue weighted by Crippen LogP contribution is 2.06. The third-order valence-corrected chi connectivity index (χ3v) is 3.57. The number of rotatable bonds is 8. The lowest BCUT2D eigenvalue weighted by Gasteiger charge is -2.13. The zero-order valence-corrected chi connectivity index (χ0v) is 12.2. The maximum Gasteiger partial charge on any atom is 0.330 e. The molecule has 1 amide bonds. The predicted octanol–water partition coefficient (Wildman–Crippen LogP) is 0.612. The van der Waals surface area contributed by atoms with Crippen LogP contribution >= 0.6 is 11.8 Å². The highest BCUT2D eigenvalue weighted by Gasteiger charge is 2.19. The van der Waals surface area contributed by atoms with Crippen molar-refractivity contribution in [1.29, 1.82) is 0 Å². The van der Waals surface area contributed by atoms with Crippen LogP contribution in [0.4, 0.5) is 0 Å². The first-order valence-corrected chi connectivity index (χ1v) is 7.42. The van der Waals surface area contributed by atoms with Crippen LogP contribution in [0.15, 0.2) is 30.3 Å². The normalized spacial score (nSPS) is 11.7. The van der Waals surface area contributed by atoms with Crippen molar-refractivity contribution >= 4 is 23.6 Å². The van der Waals surface area contributed by atoms with Crippen molar-refractivity contribution in [3.8, 4) is 0 Å². The van der Waals surface area contributed by atoms with Gasteiger partial charge in [0.25, 0.3) is 0 Å². The van der Waals surface area contributed by atoms with Crippen molar-refractivity contribution in [2.75, 3.05) is 25.2 Å². The van der Waals surface area contributed by atoms with Gasteiger partial charge in [-0.1, -0.05) is 30.3 Å². The monoisotopic (exact) mass is 297 g/mol. The first-order chi connectivity index (χ1) is 9.67. The van der Waals surface area contributed by atoms with Gasteiger partial charge in [-0.3, -0.25) is 4.79 Å². The van der Waals surface area contributed by atoms with Crippen LogP contribution in [-0.2, 0) is 20.7 Å². The highest BCUT2D eigenvalue weighted by atomic mass is 32.2. The smallest absolute Gasteiger partial charge is 0.330 e. The number of hydrogen-bond acceptors (Lipinski definition) is 5. The third kappa shape index (κ3) is 6.08. The number of methoxy groups -OCH3 is 1. The van der Waals surface area contributed by atoms with E-state index >= 15 is 0 Å². The van der Waals surface area contributed by atoms with Crippen molar-refractivity contribution in [2.45, 2.75) is 12.5 Å². The summed E-state index contributed by atoms with van der Waals surface area (Å²) in [5, 5.41) is 11.4. The number of amides is 1. The molecule has 0 saturated carbocycles. The largest absolute Gasteiger partial charge is 0.467 e. The second kappa shape index (κ2) is 9.39. The Balaban J connectivity index is 2.21. The molecule has 0 spiro atoms. The van der Waals surface area contributed by atoms with Gasteiger partial charge in [-0.05, 0) is 17.7 Å². The van der Waals surface area contributed by atoms with Gasteiger partial charge in [-0.2, -0.15) is 11.8 Å². The number of nitrogens with one attached hydrogen (secondary N) is 1. The minimum absolute atomic E-state index is 0.250. The third-order valence-electron chi connectivity index (χ3n) is 2.61. The molecular formula is C14H19NO4S. The molecule has 1 rings (SSSR count). The Kier molecular flexibility index (Phi) is 7.75. The molecule has 0 aliphatic rings. The number of aliphatic hydroxyl groups is 1. The Hall–Kier alpha value is -1.53. The van der Waals surface area contributed by atoms with Crippen LogP contribution in [0, 0.1) is 0 Å². The number of carbonyl (C=O) groups excluding carboxylic acids is 2. The minimum atomic E-state index is -0.984. The van der Waals surface area contributed by atoms with Crippen LogP contribution in [0.2, 0.25) is 0 Å². The van der Waals surface area contributed by atoms with E-state index in [-0.39, 0.29) is 11.7 Å². The Bertz CT molecular complexity index is 424. The van der Waals surface area contributed by atoms with Crippen LogP contribution in [0.5, 0.6) is 0 Å². The first-order valence-electron chi connectivity index (χ1n) is 6.27. The lowest BCUT2D eigenvalue weighted by Crippen LogP contribution is -2.44. The van der Waals surface area contributed by atoms with E-state index in [2.05, 4.69) is 10.1 Å². The molecule has 6 heteroatoms. The average Bonchev–Trinajstić information content (AvgIpc) is 2.49. The summed E-state index contributed by atoms with van der Waals surface area (Å²) in [6.07, 6.45) is 0.888. The number of ether oxygens (including phenoxy) is 1. The number of thioether (sulfide) groups is 1. The second-order valence-corrected chi connectivity index (χ2v) is 5.22. The molecule has 0 aliphatic heterocycles. The molecule has 0 fully saturated rings. The average molecular weight is 297 g/mol. The van der Waals surface area contributed by atoms with Crippen LogP contribution in [0.1, 0.15) is 5.56 Å². The zero-order chi connectivity index (χ0) is 14.8. The number of aliphatic hydroxyl groups excluding tert-OH is 1. The van der Waals surface area contributed by atoms with E-state index in [4.69, 9.17) is 5.11 Å². The van der Waals surface area contributed by atoms with Crippen molar-refractivity contribution in [3.63, 3.8) is 0 Å². The maximum atomic E-state index is 11.6. The number of aryl methyl sites for hydroxylation is 1. The lowest BCUT2D eigenvalue weighted by molar-refractivity contribution is -0.145. The van der Waals surface area contributed by atoms with Gasteiger partial charge in [0.15, 0.2) is 6.04 Å². The van der Waals surface area contributed by atoms with E-state index < -0.39 is 18.6 Å². The first kappa shape index (κ1) is 16.5. The van der Waals surface area contributed by atoms with Crippen molar-refractivity contribution in [3.05, 3.63) is 35.9 Å². The van der Waals surface area contributed by atoms with Gasteiger partial charge in [0, 0.05) is 0 Å². The molecule has 1 aromatic carbocycles. The fourth-order valence-corrected chi connectivity index (χ4v) is 2.35. The summed E-state index contributed by atoms with van der Waals surface area (Å²) in [7, 11) is 1.21. The van der Waals surface area contributed by atoms with E-state index in [1.165, 1.54) is 24.4 Å². The van der Waals surface area contributed by atoms with Gasteiger partial charge in [0.2, 0.25) is 5.91 Å². The van der Waals surface area contributed by atoms with Gasteiger partial charge in [-0.15, -0.1) is 0 Å². The van der Waals surface area contributed by atoms with Gasteiger partial charge in [0.05, 0.1) is 19.5 Å². The molecule has 0 bridgehead atoms. The molecule has 0 radical (unpaired) electrons. The van der Waals surface area contributed by atoms with Crippen LogP contribution in [-0.4, -0.2) is 48.2 Å². The number of benzene rings is 1. The Morgan fingerprint density at radius 2 is 2.05 bits per heavy atom. The summed E-state index contributed by atoms with van der Waals surface area (Å²) in [6.45, 7) is -0.465. The molecule has 0 heterocycles. The number of esters is 1. The van der Waals surface area contributed by atoms with Gasteiger partial charge < -0.3 is 15.2 Å². The van der Waals surface area contributed by atoms with Crippen molar-refractivity contribution < 1.29 is 19.4 Å². The number of hydrogen-bond donors (Lipinski definition) is 2. The van der Waals surface area contributed by atoms with Crippen molar-refractivity contribution in [2.24, 2.45) is 0 Å². The van der Waals surface area contributed by atoms with Crippen LogP contribution < -0.4 is 5.32 Å². The molecule has 1 unspecified atom stereocenters. The minimum Gasteiger partial charge on any atom is -0.467 e. The predicted molar refractivity (Wildman–Crippen MR) is 78.5 cm³/mol. The van der Waals surface area contributed by atoms with Gasteiger partial charge in [0.1, 0.15) is 0 Å². The van der Waals surface area contributed by atoms with E-state index in [1.54, 1.807) is 0 Å². The lowest BCUT2D eigenvalue weighted by atomic mass is 10.2. The summed E-state index contributed by atoms with van der Waals surface area (Å²) in [5.41, 5.74) is 1.23. The quantitative estimate of drug-likeness (QED) is 0.543. The summed E-state index contributed by atoms with van der Waals surface area (Å²) < 4.78 is 4.47. The van der Waals surface area contributed by atoms with E-state index in [1.807, 2.05) is 30.3 Å². The highest BCUT2D eigenvalue weighted by molar-refractivity contribution is 7.99. The molecule has 5 nitrogen and oxygen atoms in total. The molecule has 110 valence electrons. The zero-order valence-electron chi connectivity index (χ0n) is 11.4. The molecule has 1 aromatic rings. The van der Waals surface area contributed by atoms with E-state index in [0.717, 1.165) is 12.2 Å². The standard InChI is InChI=1S/C14H19NO4S/c1-19-14(18)12(9-16)15-13(17)10-20-8-7-11-5-3-2-4-6-11/h2-6,12,16H,7-10H2,1H3,(H,15,17). The SMILES string of the molecule is COC(=O)C(CO)NC(=O)CSCCc1ccccc1. The molecule has 0 aromatic heterocycles. The summed E-state index contributed by atoms with van der Waals surface area (Å²) in [6, 6.07) is 9.02. The van der Waals surface area contributed by atoms with E-state index in [9.17, 15) is 9.59 Å². The molecule has 1 atom stereocenters. The molecule has 0 saturated heterocycles. The molecule has 20 heavy (non-hydrogen) atoms. The van der Waals surface area contributed by atoms with Crippen LogP contribution in [0.25, 0.3) is 0 Å². The summed E-state index contributed by atoms with van der Waals surface area (Å²) in [5.74, 6) is 0.141. The second-order valence-electron chi connectivity index (χ2n) is 4.11. The Morgan fingerprint density at radius 1 is 1.35 bits per heavy atom. The Labute approximate surface area is 122 Å². The van der Waals surface area contributed by atoms with Gasteiger partial charge >= 0.3 is 5.97 Å². The fourth-order valence-electron chi connectivity index (χ4n) is 1.56. The topological polar surface area (TPSA) is 75.6 Å². The summed E-state index contributed by atoms with van der Waals surface area (Å²) >= 11 is 1.48. The maximum absolute atomic E-state index is 11.6. The van der Waals surface area contributed by atoms with E-state index in [0.29, 0.717) is 0 Å². The molecular weight excluding hydrogens is 278 g/mol. The van der Waals surface area contributed by atoms with Crippen molar-refractivity contribution in [1.82, 2.24) is 5.32 Å². The molecule has 2 N–H and O–H groups in total. The van der Waals surface area contributed by atoms with Crippen LogP contribution in [0.3, 0.4) is 0 Å². The number of carbonyl (C=O) groups is 2. The summed E-state index contributed by atoms with van der Waals surface area (Å²) in [4.78, 5) is 22.8. The fraction of sp³-hybridized carbons (Fsp3) is 0.429. The molecule has 0 aliphatic carbocycles.